The lowest BCUT2D eigenvalue weighted by Crippen LogP contribution is -2.27. The minimum Gasteiger partial charge on any atom is -0.375 e. The van der Waals surface area contributed by atoms with Crippen molar-refractivity contribution < 1.29 is 14.1 Å². The first-order valence-electron chi connectivity index (χ1n) is 8.82. The van der Waals surface area contributed by atoms with Gasteiger partial charge in [-0.15, -0.1) is 0 Å². The van der Waals surface area contributed by atoms with Gasteiger partial charge >= 0.3 is 0 Å². The second-order valence-corrected chi connectivity index (χ2v) is 6.61. The number of hydrogen-bond acceptors (Lipinski definition) is 6. The van der Waals surface area contributed by atoms with Crippen LogP contribution in [0.3, 0.4) is 0 Å². The first-order valence-corrected chi connectivity index (χ1v) is 8.82. The summed E-state index contributed by atoms with van der Waals surface area (Å²) in [6, 6.07) is 9.59. The molecule has 0 aliphatic heterocycles. The molecule has 0 bridgehead atoms. The lowest BCUT2D eigenvalue weighted by molar-refractivity contribution is 0.0936. The van der Waals surface area contributed by atoms with E-state index >= 15 is 0 Å². The van der Waals surface area contributed by atoms with Crippen LogP contribution < -0.4 is 5.32 Å². The summed E-state index contributed by atoms with van der Waals surface area (Å²) in [5, 5.41) is 7.13. The minimum atomic E-state index is -0.0789. The molecule has 2 aromatic heterocycles. The molecular formula is C20H20N4O3. The van der Waals surface area contributed by atoms with Gasteiger partial charge in [0.05, 0.1) is 6.04 Å². The third kappa shape index (κ3) is 3.59. The van der Waals surface area contributed by atoms with Gasteiger partial charge in [0.2, 0.25) is 5.82 Å². The van der Waals surface area contributed by atoms with Gasteiger partial charge in [0.1, 0.15) is 6.61 Å². The molecule has 0 spiro atoms. The van der Waals surface area contributed by atoms with Crippen LogP contribution in [0, 0.1) is 6.92 Å². The van der Waals surface area contributed by atoms with Crippen molar-refractivity contribution in [1.29, 1.82) is 0 Å². The van der Waals surface area contributed by atoms with E-state index in [9.17, 15) is 4.79 Å². The fraction of sp³-hybridized carbons (Fsp3) is 0.300. The van der Waals surface area contributed by atoms with E-state index in [0.29, 0.717) is 23.9 Å². The number of fused-ring (bicyclic) bond motifs is 1. The van der Waals surface area contributed by atoms with Gasteiger partial charge in [-0.25, -0.2) is 0 Å². The smallest absolute Gasteiger partial charge is 0.252 e. The van der Waals surface area contributed by atoms with Gasteiger partial charge in [0.25, 0.3) is 11.8 Å². The van der Waals surface area contributed by atoms with E-state index in [-0.39, 0.29) is 11.9 Å². The van der Waals surface area contributed by atoms with Crippen LogP contribution in [0.25, 0.3) is 11.4 Å². The van der Waals surface area contributed by atoms with Crippen molar-refractivity contribution in [2.75, 3.05) is 7.11 Å². The number of benzene rings is 1. The maximum atomic E-state index is 12.5. The molecular weight excluding hydrogens is 344 g/mol. The van der Waals surface area contributed by atoms with E-state index in [2.05, 4.69) is 26.5 Å². The fourth-order valence-corrected chi connectivity index (χ4v) is 3.39. The Morgan fingerprint density at radius 2 is 2.22 bits per heavy atom. The Labute approximate surface area is 156 Å². The van der Waals surface area contributed by atoms with Gasteiger partial charge in [0, 0.05) is 30.1 Å². The number of pyridine rings is 1. The van der Waals surface area contributed by atoms with Gasteiger partial charge in [-0.2, -0.15) is 4.98 Å². The molecule has 3 aromatic rings. The van der Waals surface area contributed by atoms with Crippen LogP contribution in [-0.4, -0.2) is 28.1 Å². The van der Waals surface area contributed by atoms with Gasteiger partial charge in [-0.05, 0) is 49.1 Å². The molecule has 1 atom stereocenters. The highest BCUT2D eigenvalue weighted by atomic mass is 16.5. The molecule has 1 unspecified atom stereocenters. The summed E-state index contributed by atoms with van der Waals surface area (Å²) < 4.78 is 10.2. The Hall–Kier alpha value is -3.06. The fourth-order valence-electron chi connectivity index (χ4n) is 3.39. The predicted molar refractivity (Wildman–Crippen MR) is 97.9 cm³/mol. The van der Waals surface area contributed by atoms with Crippen LogP contribution in [0.2, 0.25) is 0 Å². The number of nitrogens with zero attached hydrogens (tertiary/aromatic N) is 3. The Balaban J connectivity index is 1.51. The SMILES string of the molecule is COCc1nc(-c2ccc3c(c2)CCC3NC(=O)c2ccnc(C)c2)no1. The molecule has 1 amide bonds. The van der Waals surface area contributed by atoms with E-state index in [0.717, 1.165) is 29.7 Å². The molecule has 2 heterocycles. The molecule has 27 heavy (non-hydrogen) atoms. The number of nitrogens with one attached hydrogen (secondary N) is 1. The number of ether oxygens (including phenoxy) is 1. The zero-order valence-corrected chi connectivity index (χ0v) is 15.2. The molecule has 7 nitrogen and oxygen atoms in total. The number of methoxy groups -OCH3 is 1. The van der Waals surface area contributed by atoms with Crippen molar-refractivity contribution in [2.45, 2.75) is 32.4 Å². The van der Waals surface area contributed by atoms with E-state index in [4.69, 9.17) is 9.26 Å². The highest BCUT2D eigenvalue weighted by Crippen LogP contribution is 2.34. The van der Waals surface area contributed by atoms with Gasteiger partial charge in [-0.1, -0.05) is 17.3 Å². The maximum absolute atomic E-state index is 12.5. The third-order valence-corrected chi connectivity index (χ3v) is 4.68. The lowest BCUT2D eigenvalue weighted by atomic mass is 10.0. The Morgan fingerprint density at radius 1 is 1.33 bits per heavy atom. The van der Waals surface area contributed by atoms with Crippen LogP contribution in [0.15, 0.2) is 41.1 Å². The molecule has 0 fully saturated rings. The van der Waals surface area contributed by atoms with Crippen molar-refractivity contribution in [3.05, 3.63) is 64.8 Å². The number of aromatic nitrogens is 3. The lowest BCUT2D eigenvalue weighted by Gasteiger charge is -2.14. The second-order valence-electron chi connectivity index (χ2n) is 6.61. The first-order chi connectivity index (χ1) is 13.1. The Morgan fingerprint density at radius 3 is 3.04 bits per heavy atom. The summed E-state index contributed by atoms with van der Waals surface area (Å²) in [5.74, 6) is 0.917. The predicted octanol–water partition coefficient (Wildman–Crippen LogP) is 3.00. The Kier molecular flexibility index (Phi) is 4.68. The molecule has 138 valence electrons. The number of carbonyl (C=O) groups is 1. The second kappa shape index (κ2) is 7.28. The van der Waals surface area contributed by atoms with Crippen molar-refractivity contribution in [3.8, 4) is 11.4 Å². The number of rotatable bonds is 5. The molecule has 0 saturated carbocycles. The van der Waals surface area contributed by atoms with Gasteiger partial charge in [-0.3, -0.25) is 9.78 Å². The average Bonchev–Trinajstić information content (AvgIpc) is 3.29. The van der Waals surface area contributed by atoms with E-state index in [1.807, 2.05) is 19.1 Å². The standard InChI is InChI=1S/C20H20N4O3/c1-12-9-15(7-8-21-12)20(25)22-17-6-4-13-10-14(3-5-16(13)17)19-23-18(11-26-2)27-24-19/h3,5,7-10,17H,4,6,11H2,1-2H3,(H,22,25). The molecule has 0 radical (unpaired) electrons. The van der Waals surface area contributed by atoms with Crippen LogP contribution in [0.1, 0.15) is 45.5 Å². The number of carbonyl (C=O) groups excluding carboxylic acids is 1. The Bertz CT molecular complexity index is 983. The zero-order valence-electron chi connectivity index (χ0n) is 15.2. The topological polar surface area (TPSA) is 90.1 Å². The van der Waals surface area contributed by atoms with Gasteiger partial charge < -0.3 is 14.6 Å². The van der Waals surface area contributed by atoms with Crippen molar-refractivity contribution in [3.63, 3.8) is 0 Å². The van der Waals surface area contributed by atoms with Crippen molar-refractivity contribution in [1.82, 2.24) is 20.4 Å². The summed E-state index contributed by atoms with van der Waals surface area (Å²) in [5.41, 5.74) is 4.69. The highest BCUT2D eigenvalue weighted by molar-refractivity contribution is 5.94. The summed E-state index contributed by atoms with van der Waals surface area (Å²) in [7, 11) is 1.58. The number of aryl methyl sites for hydroxylation is 2. The van der Waals surface area contributed by atoms with Crippen LogP contribution in [0.5, 0.6) is 0 Å². The van der Waals surface area contributed by atoms with E-state index in [1.165, 1.54) is 5.56 Å². The largest absolute Gasteiger partial charge is 0.375 e. The molecule has 1 aromatic carbocycles. The summed E-state index contributed by atoms with van der Waals surface area (Å²) >= 11 is 0. The van der Waals surface area contributed by atoms with Crippen LogP contribution in [0.4, 0.5) is 0 Å². The van der Waals surface area contributed by atoms with Crippen molar-refractivity contribution >= 4 is 5.91 Å². The van der Waals surface area contributed by atoms with Gasteiger partial charge in [0.15, 0.2) is 0 Å². The van der Waals surface area contributed by atoms with Crippen molar-refractivity contribution in [2.24, 2.45) is 0 Å². The molecule has 1 aliphatic rings. The highest BCUT2D eigenvalue weighted by Gasteiger charge is 2.25. The maximum Gasteiger partial charge on any atom is 0.252 e. The molecule has 1 aliphatic carbocycles. The summed E-state index contributed by atoms with van der Waals surface area (Å²) in [6.45, 7) is 2.17. The quantitative estimate of drug-likeness (QED) is 0.748. The summed E-state index contributed by atoms with van der Waals surface area (Å²) in [6.07, 6.45) is 3.42. The average molecular weight is 364 g/mol. The summed E-state index contributed by atoms with van der Waals surface area (Å²) in [4.78, 5) is 21.0. The monoisotopic (exact) mass is 364 g/mol. The van der Waals surface area contributed by atoms with E-state index in [1.54, 1.807) is 25.4 Å². The first kappa shape index (κ1) is 17.4. The normalized spacial score (nSPS) is 15.6. The zero-order chi connectivity index (χ0) is 18.8. The number of amides is 1. The van der Waals surface area contributed by atoms with E-state index < -0.39 is 0 Å². The minimum absolute atomic E-state index is 0.00402. The third-order valence-electron chi connectivity index (χ3n) is 4.68. The van der Waals surface area contributed by atoms with Crippen LogP contribution >= 0.6 is 0 Å². The molecule has 7 heteroatoms. The molecule has 1 N–H and O–H groups in total. The molecule has 4 rings (SSSR count). The van der Waals surface area contributed by atoms with Crippen LogP contribution in [-0.2, 0) is 17.8 Å². The molecule has 0 saturated heterocycles. The number of hydrogen-bond donors (Lipinski definition) is 1.